The zero-order valence-electron chi connectivity index (χ0n) is 10.9. The second kappa shape index (κ2) is 5.57. The van der Waals surface area contributed by atoms with Crippen LogP contribution in [0.5, 0.6) is 0 Å². The number of rotatable bonds is 4. The van der Waals surface area contributed by atoms with Crippen molar-refractivity contribution in [3.05, 3.63) is 46.5 Å². The maximum absolute atomic E-state index is 4.20. The molecule has 0 saturated carbocycles. The summed E-state index contributed by atoms with van der Waals surface area (Å²) >= 11 is 3.51. The number of halogens is 1. The van der Waals surface area contributed by atoms with E-state index in [-0.39, 0.29) is 0 Å². The van der Waals surface area contributed by atoms with Crippen molar-refractivity contribution in [2.75, 3.05) is 5.32 Å². The van der Waals surface area contributed by atoms with Crippen molar-refractivity contribution >= 4 is 21.6 Å². The highest BCUT2D eigenvalue weighted by molar-refractivity contribution is 9.10. The van der Waals surface area contributed by atoms with E-state index < -0.39 is 0 Å². The molecule has 0 aliphatic rings. The molecule has 1 N–H and O–H groups in total. The van der Waals surface area contributed by atoms with Crippen LogP contribution in [0.25, 0.3) is 0 Å². The lowest BCUT2D eigenvalue weighted by atomic mass is 10.2. The van der Waals surface area contributed by atoms with E-state index in [9.17, 15) is 0 Å². The maximum atomic E-state index is 4.20. The molecule has 0 saturated heterocycles. The van der Waals surface area contributed by atoms with Gasteiger partial charge in [0.1, 0.15) is 0 Å². The molecular weight excluding hydrogens is 290 g/mol. The van der Waals surface area contributed by atoms with E-state index in [0.29, 0.717) is 6.04 Å². The van der Waals surface area contributed by atoms with Crippen molar-refractivity contribution in [1.29, 1.82) is 0 Å². The molecule has 0 unspecified atom stereocenters. The summed E-state index contributed by atoms with van der Waals surface area (Å²) < 4.78 is 3.28. The Kier molecular flexibility index (Phi) is 4.07. The Morgan fingerprint density at radius 1 is 1.33 bits per heavy atom. The number of nitrogens with one attached hydrogen (secondary N) is 1. The van der Waals surface area contributed by atoms with Gasteiger partial charge in [0.15, 0.2) is 0 Å². The molecule has 1 aromatic heterocycles. The number of aromatic nitrogens is 2. The van der Waals surface area contributed by atoms with Crippen LogP contribution < -0.4 is 5.32 Å². The van der Waals surface area contributed by atoms with E-state index in [2.05, 4.69) is 69.8 Å². The van der Waals surface area contributed by atoms with Crippen LogP contribution in [-0.4, -0.2) is 9.55 Å². The predicted octanol–water partition coefficient (Wildman–Crippen LogP) is 4.15. The van der Waals surface area contributed by atoms with Gasteiger partial charge in [-0.3, -0.25) is 0 Å². The molecule has 18 heavy (non-hydrogen) atoms. The van der Waals surface area contributed by atoms with Crippen LogP contribution in [0.2, 0.25) is 0 Å². The van der Waals surface area contributed by atoms with E-state index in [0.717, 1.165) is 16.7 Å². The Morgan fingerprint density at radius 2 is 2.11 bits per heavy atom. The van der Waals surface area contributed by atoms with Crippen LogP contribution in [0.3, 0.4) is 0 Å². The minimum Gasteiger partial charge on any atom is -0.379 e. The number of nitrogens with zero attached hydrogens (tertiary/aromatic N) is 2. The standard InChI is InChI=1S/C14H18BrN3/c1-10(2)18-9-16-7-14(18)8-17-13-5-11(3)4-12(15)6-13/h4-7,9-10,17H,8H2,1-3H3. The molecule has 1 heterocycles. The summed E-state index contributed by atoms with van der Waals surface area (Å²) in [5.41, 5.74) is 3.56. The van der Waals surface area contributed by atoms with Crippen LogP contribution in [-0.2, 0) is 6.54 Å². The molecule has 96 valence electrons. The smallest absolute Gasteiger partial charge is 0.0951 e. The van der Waals surface area contributed by atoms with E-state index >= 15 is 0 Å². The van der Waals surface area contributed by atoms with Gasteiger partial charge in [0, 0.05) is 22.4 Å². The first-order chi connectivity index (χ1) is 8.56. The highest BCUT2D eigenvalue weighted by Gasteiger charge is 2.05. The van der Waals surface area contributed by atoms with E-state index in [1.165, 1.54) is 11.3 Å². The number of hydrogen-bond acceptors (Lipinski definition) is 2. The number of benzene rings is 1. The van der Waals surface area contributed by atoms with Crippen LogP contribution in [0.4, 0.5) is 5.69 Å². The van der Waals surface area contributed by atoms with Crippen LogP contribution in [0.1, 0.15) is 31.1 Å². The number of imidazole rings is 1. The van der Waals surface area contributed by atoms with Gasteiger partial charge < -0.3 is 9.88 Å². The first-order valence-electron chi connectivity index (χ1n) is 6.08. The van der Waals surface area contributed by atoms with Gasteiger partial charge in [-0.2, -0.15) is 0 Å². The van der Waals surface area contributed by atoms with Gasteiger partial charge in [0.05, 0.1) is 18.6 Å². The lowest BCUT2D eigenvalue weighted by Crippen LogP contribution is -2.08. The minimum atomic E-state index is 0.438. The fraction of sp³-hybridized carbons (Fsp3) is 0.357. The summed E-state index contributed by atoms with van der Waals surface area (Å²) in [4.78, 5) is 4.20. The molecule has 0 bridgehead atoms. The lowest BCUT2D eigenvalue weighted by molar-refractivity contribution is 0.577. The molecule has 1 aromatic carbocycles. The zero-order chi connectivity index (χ0) is 13.1. The molecule has 2 rings (SSSR count). The van der Waals surface area contributed by atoms with E-state index in [4.69, 9.17) is 0 Å². The number of aryl methyl sites for hydroxylation is 1. The Labute approximate surface area is 116 Å². The molecule has 0 fully saturated rings. The predicted molar refractivity (Wildman–Crippen MR) is 78.8 cm³/mol. The highest BCUT2D eigenvalue weighted by atomic mass is 79.9. The molecule has 0 aliphatic carbocycles. The van der Waals surface area contributed by atoms with Crippen molar-refractivity contribution in [3.63, 3.8) is 0 Å². The first kappa shape index (κ1) is 13.1. The molecular formula is C14H18BrN3. The van der Waals surface area contributed by atoms with Gasteiger partial charge >= 0.3 is 0 Å². The summed E-state index contributed by atoms with van der Waals surface area (Å²) in [7, 11) is 0. The molecule has 4 heteroatoms. The van der Waals surface area contributed by atoms with Gasteiger partial charge in [0.2, 0.25) is 0 Å². The fourth-order valence-electron chi connectivity index (χ4n) is 1.96. The van der Waals surface area contributed by atoms with Crippen LogP contribution >= 0.6 is 15.9 Å². The van der Waals surface area contributed by atoms with E-state index in [1.54, 1.807) is 0 Å². The van der Waals surface area contributed by atoms with Crippen molar-refractivity contribution < 1.29 is 0 Å². The summed E-state index contributed by atoms with van der Waals surface area (Å²) in [6, 6.07) is 6.77. The fourth-order valence-corrected chi connectivity index (χ4v) is 2.57. The molecule has 3 nitrogen and oxygen atoms in total. The third-order valence-electron chi connectivity index (χ3n) is 2.82. The largest absolute Gasteiger partial charge is 0.379 e. The maximum Gasteiger partial charge on any atom is 0.0951 e. The molecule has 0 radical (unpaired) electrons. The normalized spacial score (nSPS) is 10.9. The van der Waals surface area contributed by atoms with E-state index in [1.807, 2.05) is 12.5 Å². The first-order valence-corrected chi connectivity index (χ1v) is 6.87. The van der Waals surface area contributed by atoms with Crippen LogP contribution in [0.15, 0.2) is 35.2 Å². The Morgan fingerprint density at radius 3 is 2.78 bits per heavy atom. The second-order valence-corrected chi connectivity index (χ2v) is 5.67. The second-order valence-electron chi connectivity index (χ2n) is 4.76. The quantitative estimate of drug-likeness (QED) is 0.919. The minimum absolute atomic E-state index is 0.438. The summed E-state index contributed by atoms with van der Waals surface area (Å²) in [5.74, 6) is 0. The van der Waals surface area contributed by atoms with Crippen molar-refractivity contribution in [2.24, 2.45) is 0 Å². The average molecular weight is 308 g/mol. The summed E-state index contributed by atoms with van der Waals surface area (Å²) in [5, 5.41) is 3.43. The third-order valence-corrected chi connectivity index (χ3v) is 3.28. The van der Waals surface area contributed by atoms with Gasteiger partial charge in [-0.15, -0.1) is 0 Å². The Bertz CT molecular complexity index is 511. The lowest BCUT2D eigenvalue weighted by Gasteiger charge is -2.13. The molecule has 0 aliphatic heterocycles. The average Bonchev–Trinajstić information content (AvgIpc) is 2.73. The molecule has 0 amide bonds. The molecule has 2 aromatic rings. The summed E-state index contributed by atoms with van der Waals surface area (Å²) in [6.45, 7) is 7.20. The van der Waals surface area contributed by atoms with Crippen molar-refractivity contribution in [3.8, 4) is 0 Å². The zero-order valence-corrected chi connectivity index (χ0v) is 12.5. The number of anilines is 1. The summed E-state index contributed by atoms with van der Waals surface area (Å²) in [6.07, 6.45) is 3.80. The highest BCUT2D eigenvalue weighted by Crippen LogP contribution is 2.20. The van der Waals surface area contributed by atoms with Crippen molar-refractivity contribution in [2.45, 2.75) is 33.4 Å². The number of hydrogen-bond donors (Lipinski definition) is 1. The van der Waals surface area contributed by atoms with Gasteiger partial charge in [-0.1, -0.05) is 15.9 Å². The molecule has 0 spiro atoms. The van der Waals surface area contributed by atoms with Crippen LogP contribution in [0, 0.1) is 6.92 Å². The Hall–Kier alpha value is -1.29. The molecule has 0 atom stereocenters. The van der Waals surface area contributed by atoms with Gasteiger partial charge in [-0.25, -0.2) is 4.98 Å². The van der Waals surface area contributed by atoms with Gasteiger partial charge in [-0.05, 0) is 44.5 Å². The monoisotopic (exact) mass is 307 g/mol. The SMILES string of the molecule is Cc1cc(Br)cc(NCc2cncn2C(C)C)c1. The Balaban J connectivity index is 2.09. The van der Waals surface area contributed by atoms with Crippen molar-refractivity contribution in [1.82, 2.24) is 9.55 Å². The topological polar surface area (TPSA) is 29.9 Å². The third kappa shape index (κ3) is 3.13. The van der Waals surface area contributed by atoms with Gasteiger partial charge in [0.25, 0.3) is 0 Å².